The van der Waals surface area contributed by atoms with Gasteiger partial charge in [0.1, 0.15) is 5.76 Å². The SMILES string of the molecule is CN=C(NCCn1cccc1)NCc1ccccc1CN(C)Cc1ccco1.I. The number of hydrogen-bond acceptors (Lipinski definition) is 3. The van der Waals surface area contributed by atoms with Crippen LogP contribution in [0.5, 0.6) is 0 Å². The molecule has 2 aromatic heterocycles. The predicted octanol–water partition coefficient (Wildman–Crippen LogP) is 3.70. The standard InChI is InChI=1S/C22H29N5O.HI/c1-23-22(24-11-14-27-12-5-6-13-27)25-16-19-8-3-4-9-20(19)17-26(2)18-21-10-7-15-28-21;/h3-10,12-13,15H,11,14,16-18H2,1-2H3,(H2,23,24,25);1H. The summed E-state index contributed by atoms with van der Waals surface area (Å²) in [6.07, 6.45) is 5.84. The Bertz CT molecular complexity index is 846. The van der Waals surface area contributed by atoms with Crippen LogP contribution in [-0.2, 0) is 26.2 Å². The number of aliphatic imine (C=N–C) groups is 1. The summed E-state index contributed by atoms with van der Waals surface area (Å²) in [4.78, 5) is 6.58. The van der Waals surface area contributed by atoms with Crippen molar-refractivity contribution < 1.29 is 4.42 Å². The molecule has 6 nitrogen and oxygen atoms in total. The van der Waals surface area contributed by atoms with Crippen molar-refractivity contribution in [3.8, 4) is 0 Å². The molecule has 0 amide bonds. The van der Waals surface area contributed by atoms with E-state index < -0.39 is 0 Å². The Morgan fingerprint density at radius 2 is 1.76 bits per heavy atom. The molecule has 3 aromatic rings. The molecule has 0 unspecified atom stereocenters. The Kier molecular flexibility index (Phi) is 9.79. The van der Waals surface area contributed by atoms with Crippen LogP contribution in [0.25, 0.3) is 0 Å². The van der Waals surface area contributed by atoms with E-state index in [9.17, 15) is 0 Å². The topological polar surface area (TPSA) is 57.7 Å². The van der Waals surface area contributed by atoms with E-state index in [1.807, 2.05) is 24.3 Å². The highest BCUT2D eigenvalue weighted by molar-refractivity contribution is 14.0. The molecule has 0 fully saturated rings. The maximum absolute atomic E-state index is 5.45. The lowest BCUT2D eigenvalue weighted by Crippen LogP contribution is -2.38. The molecular formula is C22H30IN5O. The van der Waals surface area contributed by atoms with Gasteiger partial charge in [-0.2, -0.15) is 0 Å². The van der Waals surface area contributed by atoms with E-state index >= 15 is 0 Å². The molecule has 1 aromatic carbocycles. The average molecular weight is 507 g/mol. The van der Waals surface area contributed by atoms with E-state index in [0.29, 0.717) is 0 Å². The van der Waals surface area contributed by atoms with E-state index in [0.717, 1.165) is 44.4 Å². The first kappa shape index (κ1) is 23.0. The van der Waals surface area contributed by atoms with Crippen LogP contribution >= 0.6 is 24.0 Å². The molecule has 7 heteroatoms. The molecule has 0 atom stereocenters. The zero-order chi connectivity index (χ0) is 19.6. The average Bonchev–Trinajstić information content (AvgIpc) is 3.39. The maximum Gasteiger partial charge on any atom is 0.191 e. The van der Waals surface area contributed by atoms with Gasteiger partial charge in [0.05, 0.1) is 12.8 Å². The minimum absolute atomic E-state index is 0. The molecule has 156 valence electrons. The van der Waals surface area contributed by atoms with Gasteiger partial charge in [0.25, 0.3) is 0 Å². The van der Waals surface area contributed by atoms with Crippen LogP contribution in [0.2, 0.25) is 0 Å². The van der Waals surface area contributed by atoms with Crippen LogP contribution in [0.4, 0.5) is 0 Å². The van der Waals surface area contributed by atoms with Gasteiger partial charge in [-0.05, 0) is 42.4 Å². The first-order valence-electron chi connectivity index (χ1n) is 9.57. The number of guanidine groups is 1. The summed E-state index contributed by atoms with van der Waals surface area (Å²) in [7, 11) is 3.91. The summed E-state index contributed by atoms with van der Waals surface area (Å²) < 4.78 is 7.59. The van der Waals surface area contributed by atoms with Crippen molar-refractivity contribution in [2.45, 2.75) is 26.2 Å². The van der Waals surface area contributed by atoms with Crippen molar-refractivity contribution in [2.75, 3.05) is 20.6 Å². The molecule has 2 N–H and O–H groups in total. The molecule has 3 rings (SSSR count). The Hall–Kier alpha value is -2.26. The molecule has 0 aliphatic rings. The highest BCUT2D eigenvalue weighted by atomic mass is 127. The van der Waals surface area contributed by atoms with Crippen LogP contribution in [0.1, 0.15) is 16.9 Å². The van der Waals surface area contributed by atoms with E-state index in [-0.39, 0.29) is 24.0 Å². The molecular weight excluding hydrogens is 477 g/mol. The van der Waals surface area contributed by atoms with Gasteiger partial charge < -0.3 is 19.6 Å². The summed E-state index contributed by atoms with van der Waals surface area (Å²) in [5, 5.41) is 6.78. The lowest BCUT2D eigenvalue weighted by molar-refractivity contribution is 0.287. The van der Waals surface area contributed by atoms with Crippen LogP contribution in [0, 0.1) is 0 Å². The smallest absolute Gasteiger partial charge is 0.191 e. The normalized spacial score (nSPS) is 11.3. The highest BCUT2D eigenvalue weighted by Crippen LogP contribution is 2.13. The second-order valence-electron chi connectivity index (χ2n) is 6.79. The summed E-state index contributed by atoms with van der Waals surface area (Å²) >= 11 is 0. The third-order valence-corrected chi connectivity index (χ3v) is 4.56. The third-order valence-electron chi connectivity index (χ3n) is 4.56. The van der Waals surface area contributed by atoms with Crippen LogP contribution in [0.3, 0.4) is 0 Å². The van der Waals surface area contributed by atoms with E-state index in [1.54, 1.807) is 13.3 Å². The molecule has 0 aliphatic carbocycles. The van der Waals surface area contributed by atoms with Gasteiger partial charge in [0, 0.05) is 45.6 Å². The van der Waals surface area contributed by atoms with Crippen LogP contribution < -0.4 is 10.6 Å². The molecule has 29 heavy (non-hydrogen) atoms. The zero-order valence-corrected chi connectivity index (χ0v) is 19.4. The Balaban J connectivity index is 0.00000300. The lowest BCUT2D eigenvalue weighted by atomic mass is 10.1. The van der Waals surface area contributed by atoms with E-state index in [1.165, 1.54) is 11.1 Å². The third kappa shape index (κ3) is 7.58. The van der Waals surface area contributed by atoms with Crippen molar-refractivity contribution in [3.63, 3.8) is 0 Å². The molecule has 2 heterocycles. The number of halogens is 1. The molecule has 0 radical (unpaired) electrons. The summed E-state index contributed by atoms with van der Waals surface area (Å²) in [6.45, 7) is 4.10. The number of nitrogens with one attached hydrogen (secondary N) is 2. The minimum atomic E-state index is 0. The fourth-order valence-corrected chi connectivity index (χ4v) is 3.12. The number of benzene rings is 1. The maximum atomic E-state index is 5.45. The van der Waals surface area contributed by atoms with Gasteiger partial charge >= 0.3 is 0 Å². The zero-order valence-electron chi connectivity index (χ0n) is 17.0. The van der Waals surface area contributed by atoms with Gasteiger partial charge in [0.15, 0.2) is 5.96 Å². The molecule has 0 bridgehead atoms. The largest absolute Gasteiger partial charge is 0.468 e. The van der Waals surface area contributed by atoms with Crippen molar-refractivity contribution in [1.82, 2.24) is 20.1 Å². The molecule has 0 aliphatic heterocycles. The number of hydrogen-bond donors (Lipinski definition) is 2. The molecule has 0 spiro atoms. The highest BCUT2D eigenvalue weighted by Gasteiger charge is 2.08. The van der Waals surface area contributed by atoms with Gasteiger partial charge in [0.2, 0.25) is 0 Å². The van der Waals surface area contributed by atoms with Crippen molar-refractivity contribution >= 4 is 29.9 Å². The van der Waals surface area contributed by atoms with Crippen LogP contribution in [0.15, 0.2) is 76.6 Å². The first-order valence-corrected chi connectivity index (χ1v) is 9.57. The van der Waals surface area contributed by atoms with Gasteiger partial charge in [-0.1, -0.05) is 24.3 Å². The number of furan rings is 1. The van der Waals surface area contributed by atoms with Crippen LogP contribution in [-0.4, -0.2) is 36.1 Å². The lowest BCUT2D eigenvalue weighted by Gasteiger charge is -2.19. The van der Waals surface area contributed by atoms with Crippen molar-refractivity contribution in [3.05, 3.63) is 84.1 Å². The quantitative estimate of drug-likeness (QED) is 0.264. The van der Waals surface area contributed by atoms with E-state index in [2.05, 4.69) is 68.8 Å². The summed E-state index contributed by atoms with van der Waals surface area (Å²) in [6, 6.07) is 16.5. The second-order valence-corrected chi connectivity index (χ2v) is 6.79. The summed E-state index contributed by atoms with van der Waals surface area (Å²) in [5.41, 5.74) is 2.56. The fourth-order valence-electron chi connectivity index (χ4n) is 3.12. The Morgan fingerprint density at radius 1 is 1.00 bits per heavy atom. The van der Waals surface area contributed by atoms with Crippen molar-refractivity contribution in [1.29, 1.82) is 0 Å². The van der Waals surface area contributed by atoms with E-state index in [4.69, 9.17) is 4.42 Å². The second kappa shape index (κ2) is 12.3. The van der Waals surface area contributed by atoms with Gasteiger partial charge in [-0.3, -0.25) is 9.89 Å². The van der Waals surface area contributed by atoms with Gasteiger partial charge in [-0.25, -0.2) is 0 Å². The van der Waals surface area contributed by atoms with Gasteiger partial charge in [-0.15, -0.1) is 24.0 Å². The van der Waals surface area contributed by atoms with Crippen molar-refractivity contribution in [2.24, 2.45) is 4.99 Å². The fraction of sp³-hybridized carbons (Fsp3) is 0.318. The molecule has 0 saturated carbocycles. The first-order chi connectivity index (χ1) is 13.7. The number of aromatic nitrogens is 1. The monoisotopic (exact) mass is 507 g/mol. The predicted molar refractivity (Wildman–Crippen MR) is 128 cm³/mol. The Labute approximate surface area is 190 Å². The molecule has 0 saturated heterocycles. The minimum Gasteiger partial charge on any atom is -0.468 e. The Morgan fingerprint density at radius 3 is 2.45 bits per heavy atom. The summed E-state index contributed by atoms with van der Waals surface area (Å²) in [5.74, 6) is 1.79. The number of nitrogens with zero attached hydrogens (tertiary/aromatic N) is 3. The number of rotatable bonds is 9.